The minimum absolute atomic E-state index is 0.180. The van der Waals surface area contributed by atoms with Crippen LogP contribution in [0.3, 0.4) is 0 Å². The summed E-state index contributed by atoms with van der Waals surface area (Å²) in [6.45, 7) is 1.88. The number of carbonyl (C=O) groups is 1. The number of aromatic amines is 1. The fourth-order valence-corrected chi connectivity index (χ4v) is 5.78. The van der Waals surface area contributed by atoms with Crippen molar-refractivity contribution in [1.29, 1.82) is 0 Å². The second-order valence-electron chi connectivity index (χ2n) is 8.56. The monoisotopic (exact) mass is 477 g/mol. The standard InChI is InChI=1S/C25H27N5O3S/c31-23(30-15-11-18(12-16-30)21-17-28-24-19(21)8-6-14-26-24)10-2-1-5-13-27-25-20-7-3-4-9-22(20)34(32,33)29-25/h3-4,6-9,11,14,17H,1-2,5,10,12-13,15-16H2,(H,26,28)(H,27,29). The summed E-state index contributed by atoms with van der Waals surface area (Å²) in [7, 11) is -3.50. The van der Waals surface area contributed by atoms with E-state index in [0.717, 1.165) is 43.3 Å². The summed E-state index contributed by atoms with van der Waals surface area (Å²) in [6, 6.07) is 10.9. The van der Waals surface area contributed by atoms with Gasteiger partial charge in [0.1, 0.15) is 11.5 Å². The number of hydrogen-bond donors (Lipinski definition) is 2. The number of rotatable bonds is 7. The van der Waals surface area contributed by atoms with Crippen molar-refractivity contribution in [3.8, 4) is 0 Å². The Kier molecular flexibility index (Phi) is 6.19. The van der Waals surface area contributed by atoms with E-state index >= 15 is 0 Å². The average Bonchev–Trinajstić information content (AvgIpc) is 3.40. The van der Waals surface area contributed by atoms with Crippen LogP contribution >= 0.6 is 0 Å². The molecule has 5 rings (SSSR count). The number of sulfonamides is 1. The highest BCUT2D eigenvalue weighted by atomic mass is 32.2. The number of amidine groups is 1. The Labute approximate surface area is 198 Å². The number of aromatic nitrogens is 2. The van der Waals surface area contributed by atoms with Gasteiger partial charge in [-0.15, -0.1) is 0 Å². The molecule has 9 heteroatoms. The highest BCUT2D eigenvalue weighted by Gasteiger charge is 2.29. The lowest BCUT2D eigenvalue weighted by Crippen LogP contribution is -2.34. The molecule has 1 amide bonds. The molecule has 1 aromatic carbocycles. The Balaban J connectivity index is 1.07. The van der Waals surface area contributed by atoms with Crippen LogP contribution in [0.25, 0.3) is 16.6 Å². The average molecular weight is 478 g/mol. The summed E-state index contributed by atoms with van der Waals surface area (Å²) >= 11 is 0. The van der Waals surface area contributed by atoms with Crippen molar-refractivity contribution in [3.05, 3.63) is 66.0 Å². The number of H-pyrrole nitrogens is 1. The molecule has 8 nitrogen and oxygen atoms in total. The zero-order valence-electron chi connectivity index (χ0n) is 18.8. The van der Waals surface area contributed by atoms with Crippen molar-refractivity contribution in [2.75, 3.05) is 19.6 Å². The SMILES string of the molecule is O=C(CCCCCN=C1NS(=O)(=O)c2ccccc21)N1CC=C(c2c[nH]c3ncccc23)CC1. The molecule has 2 aromatic heterocycles. The van der Waals surface area contributed by atoms with E-state index in [1.54, 1.807) is 30.5 Å². The first-order valence-corrected chi connectivity index (χ1v) is 13.1. The lowest BCUT2D eigenvalue weighted by atomic mass is 9.99. The summed E-state index contributed by atoms with van der Waals surface area (Å²) in [5, 5.41) is 1.12. The molecule has 4 heterocycles. The van der Waals surface area contributed by atoms with Crippen molar-refractivity contribution in [2.45, 2.75) is 37.0 Å². The van der Waals surface area contributed by atoms with E-state index in [2.05, 4.69) is 31.8 Å². The molecule has 0 fully saturated rings. The lowest BCUT2D eigenvalue weighted by Gasteiger charge is -2.26. The number of pyridine rings is 1. The van der Waals surface area contributed by atoms with Gasteiger partial charge >= 0.3 is 0 Å². The highest BCUT2D eigenvalue weighted by Crippen LogP contribution is 2.28. The van der Waals surface area contributed by atoms with Crippen LogP contribution in [0.4, 0.5) is 0 Å². The van der Waals surface area contributed by atoms with E-state index in [-0.39, 0.29) is 10.8 Å². The van der Waals surface area contributed by atoms with Crippen LogP contribution in [0.2, 0.25) is 0 Å². The van der Waals surface area contributed by atoms with Gasteiger partial charge in [0.05, 0.1) is 4.90 Å². The zero-order chi connectivity index (χ0) is 23.5. The van der Waals surface area contributed by atoms with E-state index in [4.69, 9.17) is 0 Å². The van der Waals surface area contributed by atoms with E-state index < -0.39 is 10.0 Å². The molecule has 2 aliphatic rings. The maximum atomic E-state index is 12.6. The number of unbranched alkanes of at least 4 members (excludes halogenated alkanes) is 2. The largest absolute Gasteiger partial charge is 0.346 e. The predicted octanol–water partition coefficient (Wildman–Crippen LogP) is 3.48. The van der Waals surface area contributed by atoms with Crippen LogP contribution in [0.1, 0.15) is 43.2 Å². The molecule has 3 aromatic rings. The maximum absolute atomic E-state index is 12.6. The molecule has 0 bridgehead atoms. The number of benzene rings is 1. The number of nitrogens with one attached hydrogen (secondary N) is 2. The first kappa shape index (κ1) is 22.3. The Bertz CT molecular complexity index is 1390. The van der Waals surface area contributed by atoms with Crippen molar-refractivity contribution in [2.24, 2.45) is 4.99 Å². The minimum Gasteiger partial charge on any atom is -0.346 e. The van der Waals surface area contributed by atoms with Gasteiger partial charge in [-0.05, 0) is 49.1 Å². The van der Waals surface area contributed by atoms with Gasteiger partial charge in [-0.2, -0.15) is 0 Å². The quantitative estimate of drug-likeness (QED) is 0.508. The van der Waals surface area contributed by atoms with Crippen molar-refractivity contribution < 1.29 is 13.2 Å². The van der Waals surface area contributed by atoms with Crippen LogP contribution in [0.15, 0.2) is 64.8 Å². The highest BCUT2D eigenvalue weighted by molar-refractivity contribution is 7.90. The van der Waals surface area contributed by atoms with E-state index in [1.807, 2.05) is 17.2 Å². The molecule has 0 spiro atoms. The first-order valence-electron chi connectivity index (χ1n) is 11.6. The molecule has 0 aliphatic carbocycles. The molecular weight excluding hydrogens is 450 g/mol. The minimum atomic E-state index is -3.50. The van der Waals surface area contributed by atoms with Gasteiger partial charge in [-0.25, -0.2) is 13.4 Å². The third-order valence-electron chi connectivity index (χ3n) is 6.34. The Morgan fingerprint density at radius 1 is 1.09 bits per heavy atom. The van der Waals surface area contributed by atoms with Gasteiger partial charge < -0.3 is 9.88 Å². The smallest absolute Gasteiger partial charge is 0.263 e. The third-order valence-corrected chi connectivity index (χ3v) is 7.74. The maximum Gasteiger partial charge on any atom is 0.263 e. The molecule has 176 valence electrons. The van der Waals surface area contributed by atoms with E-state index in [0.29, 0.717) is 30.9 Å². The molecule has 34 heavy (non-hydrogen) atoms. The number of nitrogens with zero attached hydrogens (tertiary/aromatic N) is 3. The summed E-state index contributed by atoms with van der Waals surface area (Å²) in [6.07, 6.45) is 9.75. The second kappa shape index (κ2) is 9.42. The van der Waals surface area contributed by atoms with Crippen molar-refractivity contribution in [1.82, 2.24) is 19.6 Å². The lowest BCUT2D eigenvalue weighted by molar-refractivity contribution is -0.130. The molecular formula is C25H27N5O3S. The summed E-state index contributed by atoms with van der Waals surface area (Å²) in [5.41, 5.74) is 3.94. The van der Waals surface area contributed by atoms with Gasteiger partial charge in [0, 0.05) is 55.0 Å². The first-order chi connectivity index (χ1) is 16.5. The Morgan fingerprint density at radius 3 is 2.82 bits per heavy atom. The number of hydrogen-bond acceptors (Lipinski definition) is 5. The number of aliphatic imine (C=N–C) groups is 1. The molecule has 0 atom stereocenters. The van der Waals surface area contributed by atoms with Gasteiger partial charge in [-0.3, -0.25) is 14.5 Å². The number of carbonyl (C=O) groups excluding carboxylic acids is 1. The third kappa shape index (κ3) is 4.48. The van der Waals surface area contributed by atoms with E-state index in [9.17, 15) is 13.2 Å². The molecule has 2 aliphatic heterocycles. The van der Waals surface area contributed by atoms with Gasteiger partial charge in [0.25, 0.3) is 10.0 Å². The van der Waals surface area contributed by atoms with Crippen LogP contribution in [0, 0.1) is 0 Å². The van der Waals surface area contributed by atoms with Crippen molar-refractivity contribution in [3.63, 3.8) is 0 Å². The predicted molar refractivity (Wildman–Crippen MR) is 132 cm³/mol. The molecule has 2 N–H and O–H groups in total. The van der Waals surface area contributed by atoms with Crippen LogP contribution in [-0.4, -0.2) is 54.7 Å². The zero-order valence-corrected chi connectivity index (χ0v) is 19.6. The van der Waals surface area contributed by atoms with Gasteiger partial charge in [-0.1, -0.05) is 24.6 Å². The van der Waals surface area contributed by atoms with Gasteiger partial charge in [0.15, 0.2) is 0 Å². The van der Waals surface area contributed by atoms with Crippen LogP contribution in [0.5, 0.6) is 0 Å². The summed E-state index contributed by atoms with van der Waals surface area (Å²) in [5.74, 6) is 0.591. The Hall–Kier alpha value is -3.46. The second-order valence-corrected chi connectivity index (χ2v) is 10.2. The molecule has 0 saturated heterocycles. The summed E-state index contributed by atoms with van der Waals surface area (Å²) < 4.78 is 26.8. The van der Waals surface area contributed by atoms with Gasteiger partial charge in [0.2, 0.25) is 5.91 Å². The van der Waals surface area contributed by atoms with Crippen LogP contribution in [-0.2, 0) is 14.8 Å². The number of amides is 1. The van der Waals surface area contributed by atoms with Crippen molar-refractivity contribution >= 4 is 38.4 Å². The normalized spacial score (nSPS) is 18.1. The fraction of sp³-hybridized carbons (Fsp3) is 0.320. The number of fused-ring (bicyclic) bond motifs is 2. The fourth-order valence-electron chi connectivity index (χ4n) is 4.53. The van der Waals surface area contributed by atoms with Crippen LogP contribution < -0.4 is 4.72 Å². The molecule has 0 unspecified atom stereocenters. The molecule has 0 radical (unpaired) electrons. The summed E-state index contributed by atoms with van der Waals surface area (Å²) in [4.78, 5) is 26.8. The topological polar surface area (TPSA) is 108 Å². The molecule has 0 saturated carbocycles. The van der Waals surface area contributed by atoms with E-state index in [1.165, 1.54) is 11.1 Å². The Morgan fingerprint density at radius 2 is 1.97 bits per heavy atom.